The molecule has 0 fully saturated rings. The molecule has 2 aliphatic rings. The first-order valence-electron chi connectivity index (χ1n) is 11.8. The highest BCUT2D eigenvalue weighted by atomic mass is 32.1. The van der Waals surface area contributed by atoms with E-state index in [1.165, 1.54) is 16.2 Å². The van der Waals surface area contributed by atoms with Crippen LogP contribution in [0.25, 0.3) is 11.0 Å². The van der Waals surface area contributed by atoms with Crippen molar-refractivity contribution < 1.29 is 14.0 Å². The highest BCUT2D eigenvalue weighted by Gasteiger charge is 2.66. The Hall–Kier alpha value is -4.56. The third kappa shape index (κ3) is 2.81. The van der Waals surface area contributed by atoms with E-state index >= 15 is 0 Å². The maximum Gasteiger partial charge on any atom is 0.297 e. The second kappa shape index (κ2) is 7.72. The summed E-state index contributed by atoms with van der Waals surface area (Å²) in [7, 11) is 0. The minimum absolute atomic E-state index is 0.0406. The second-order valence-corrected chi connectivity index (χ2v) is 10.1. The normalized spacial score (nSPS) is 18.2. The highest BCUT2D eigenvalue weighted by Crippen LogP contribution is 2.54. The van der Waals surface area contributed by atoms with Crippen molar-refractivity contribution in [3.63, 3.8) is 0 Å². The minimum atomic E-state index is -1.73. The number of fused-ring (bicyclic) bond motifs is 5. The number of anilines is 2. The first-order chi connectivity index (χ1) is 18.0. The molecule has 1 atom stereocenters. The van der Waals surface area contributed by atoms with Crippen LogP contribution in [0.3, 0.4) is 0 Å². The summed E-state index contributed by atoms with van der Waals surface area (Å²) in [6.07, 6.45) is 1.58. The zero-order chi connectivity index (χ0) is 25.3. The molecule has 1 spiro atoms. The number of para-hydroxylation sites is 1. The molecule has 7 rings (SSSR count). The Morgan fingerprint density at radius 2 is 1.76 bits per heavy atom. The lowest BCUT2D eigenvalue weighted by Gasteiger charge is -2.32. The smallest absolute Gasteiger partial charge is 0.297 e. The molecule has 3 aromatic carbocycles. The fraction of sp³-hybridized carbons (Fsp3) is 0.103. The molecule has 2 aromatic heterocycles. The lowest BCUT2D eigenvalue weighted by Crippen LogP contribution is -2.53. The van der Waals surface area contributed by atoms with Crippen LogP contribution in [-0.2, 0) is 16.9 Å². The van der Waals surface area contributed by atoms with E-state index in [1.54, 1.807) is 34.7 Å². The molecular weight excluding hydrogens is 486 g/mol. The number of hydrogen-bond acceptors (Lipinski definition) is 6. The summed E-state index contributed by atoms with van der Waals surface area (Å²) in [5.74, 6) is -1.07. The Morgan fingerprint density at radius 3 is 2.54 bits per heavy atom. The molecule has 5 aromatic rings. The molecule has 8 heteroatoms. The molecule has 180 valence electrons. The zero-order valence-corrected chi connectivity index (χ0v) is 20.5. The Bertz CT molecular complexity index is 1800. The molecule has 37 heavy (non-hydrogen) atoms. The van der Waals surface area contributed by atoms with Gasteiger partial charge in [0.05, 0.1) is 23.2 Å². The molecule has 0 aliphatic carbocycles. The Kier molecular flexibility index (Phi) is 4.53. The summed E-state index contributed by atoms with van der Waals surface area (Å²) in [4.78, 5) is 50.3. The van der Waals surface area contributed by atoms with Crippen LogP contribution >= 0.6 is 11.3 Å². The topological polar surface area (TPSA) is 83.7 Å². The van der Waals surface area contributed by atoms with Crippen molar-refractivity contribution in [1.82, 2.24) is 4.98 Å². The van der Waals surface area contributed by atoms with Gasteiger partial charge in [-0.15, -0.1) is 11.3 Å². The predicted octanol–water partition coefficient (Wildman–Crippen LogP) is 5.01. The van der Waals surface area contributed by atoms with E-state index in [0.717, 1.165) is 11.1 Å². The molecule has 0 N–H and O–H groups in total. The van der Waals surface area contributed by atoms with Crippen molar-refractivity contribution in [1.29, 1.82) is 0 Å². The Balaban J connectivity index is 1.58. The number of rotatable bonds is 3. The number of thiazole rings is 1. The van der Waals surface area contributed by atoms with Crippen LogP contribution in [-0.4, -0.2) is 16.8 Å². The van der Waals surface area contributed by atoms with Crippen LogP contribution in [0.15, 0.2) is 93.6 Å². The van der Waals surface area contributed by atoms with Gasteiger partial charge in [-0.2, -0.15) is 0 Å². The van der Waals surface area contributed by atoms with Gasteiger partial charge in [-0.25, -0.2) is 4.98 Å². The zero-order valence-electron chi connectivity index (χ0n) is 19.7. The third-order valence-electron chi connectivity index (χ3n) is 7.07. The second-order valence-electron chi connectivity index (χ2n) is 9.19. The van der Waals surface area contributed by atoms with Crippen LogP contribution < -0.4 is 15.2 Å². The van der Waals surface area contributed by atoms with E-state index in [9.17, 15) is 14.4 Å². The van der Waals surface area contributed by atoms with Crippen molar-refractivity contribution in [2.45, 2.75) is 19.0 Å². The van der Waals surface area contributed by atoms with Crippen molar-refractivity contribution in [3.05, 3.63) is 123 Å². The maximum atomic E-state index is 14.7. The van der Waals surface area contributed by atoms with Gasteiger partial charge in [-0.05, 0) is 30.7 Å². The summed E-state index contributed by atoms with van der Waals surface area (Å²) in [6.45, 7) is 2.16. The van der Waals surface area contributed by atoms with Gasteiger partial charge in [0.15, 0.2) is 16.1 Å². The van der Waals surface area contributed by atoms with E-state index in [2.05, 4.69) is 4.98 Å². The van der Waals surface area contributed by atoms with E-state index in [4.69, 9.17) is 4.42 Å². The Labute approximate surface area is 215 Å². The van der Waals surface area contributed by atoms with Crippen LogP contribution in [0, 0.1) is 6.92 Å². The summed E-state index contributed by atoms with van der Waals surface area (Å²) in [5, 5.41) is 2.39. The number of amides is 2. The van der Waals surface area contributed by atoms with Crippen molar-refractivity contribution in [3.8, 4) is 0 Å². The fourth-order valence-corrected chi connectivity index (χ4v) is 6.22. The summed E-state index contributed by atoms with van der Waals surface area (Å²) < 4.78 is 6.10. The largest absolute Gasteiger partial charge is 0.450 e. The molecule has 0 bridgehead atoms. The average molecular weight is 506 g/mol. The van der Waals surface area contributed by atoms with Gasteiger partial charge in [0.2, 0.25) is 5.76 Å². The van der Waals surface area contributed by atoms with E-state index in [0.29, 0.717) is 27.4 Å². The minimum Gasteiger partial charge on any atom is -0.450 e. The number of carbonyl (C=O) groups is 2. The van der Waals surface area contributed by atoms with E-state index in [1.807, 2.05) is 61.5 Å². The molecular formula is C29H19N3O4S. The average Bonchev–Trinajstić information content (AvgIpc) is 3.59. The molecule has 0 saturated carbocycles. The molecule has 2 aliphatic heterocycles. The number of benzene rings is 3. The summed E-state index contributed by atoms with van der Waals surface area (Å²) in [5.41, 5.74) is 1.22. The van der Waals surface area contributed by atoms with Crippen LogP contribution in [0.5, 0.6) is 0 Å². The van der Waals surface area contributed by atoms with Gasteiger partial charge in [-0.1, -0.05) is 60.2 Å². The van der Waals surface area contributed by atoms with Gasteiger partial charge in [0, 0.05) is 17.1 Å². The monoisotopic (exact) mass is 505 g/mol. The molecule has 0 radical (unpaired) electrons. The lowest BCUT2D eigenvalue weighted by molar-refractivity contribution is -0.121. The van der Waals surface area contributed by atoms with Gasteiger partial charge in [0.25, 0.3) is 11.8 Å². The van der Waals surface area contributed by atoms with Gasteiger partial charge in [-0.3, -0.25) is 19.3 Å². The number of carbonyl (C=O) groups excluding carboxylic acids is 2. The quantitative estimate of drug-likeness (QED) is 0.344. The van der Waals surface area contributed by atoms with Gasteiger partial charge >= 0.3 is 0 Å². The highest BCUT2D eigenvalue weighted by molar-refractivity contribution is 7.13. The van der Waals surface area contributed by atoms with Crippen molar-refractivity contribution in [2.75, 3.05) is 9.80 Å². The lowest BCUT2D eigenvalue weighted by atomic mass is 9.84. The van der Waals surface area contributed by atoms with Crippen LogP contribution in [0.4, 0.5) is 10.8 Å². The summed E-state index contributed by atoms with van der Waals surface area (Å²) >= 11 is 1.23. The molecule has 0 saturated heterocycles. The maximum absolute atomic E-state index is 14.7. The predicted molar refractivity (Wildman–Crippen MR) is 141 cm³/mol. The van der Waals surface area contributed by atoms with Gasteiger partial charge < -0.3 is 9.32 Å². The van der Waals surface area contributed by atoms with Crippen LogP contribution in [0.1, 0.15) is 32.8 Å². The van der Waals surface area contributed by atoms with E-state index < -0.39 is 16.9 Å². The van der Waals surface area contributed by atoms with Gasteiger partial charge in [0.1, 0.15) is 5.58 Å². The first-order valence-corrected chi connectivity index (χ1v) is 12.7. The fourth-order valence-electron chi connectivity index (χ4n) is 5.53. The molecule has 4 heterocycles. The van der Waals surface area contributed by atoms with Crippen molar-refractivity contribution in [2.24, 2.45) is 0 Å². The molecule has 2 amide bonds. The van der Waals surface area contributed by atoms with E-state index in [-0.39, 0.29) is 23.8 Å². The number of aromatic nitrogens is 1. The standard InChI is InChI=1S/C29H19N3O4S/c1-17-11-12-22-19(15-17)24(33)23-25(36-22)26(34)32(28-30-13-14-37-28)29(23)20-9-5-6-10-21(20)31(27(29)35)16-18-7-3-2-4-8-18/h2-15H,16H2,1H3. The SMILES string of the molecule is Cc1ccc2oc3c(c(=O)c2c1)C1(C(=O)N(Cc2ccccc2)c2ccccc21)N(c1nccs1)C3=O. The first kappa shape index (κ1) is 21.7. The Morgan fingerprint density at radius 1 is 0.973 bits per heavy atom. The third-order valence-corrected chi connectivity index (χ3v) is 7.83. The number of nitrogens with zero attached hydrogens (tertiary/aromatic N) is 3. The summed E-state index contributed by atoms with van der Waals surface area (Å²) in [6, 6.07) is 22.2. The number of aryl methyl sites for hydroxylation is 1. The van der Waals surface area contributed by atoms with Crippen LogP contribution in [0.2, 0.25) is 0 Å². The molecule has 7 nitrogen and oxygen atoms in total. The van der Waals surface area contributed by atoms with Crippen molar-refractivity contribution >= 4 is 44.9 Å². The molecule has 1 unspecified atom stereocenters. The number of hydrogen-bond donors (Lipinski definition) is 0.